The van der Waals surface area contributed by atoms with Crippen LogP contribution in [-0.4, -0.2) is 40.6 Å². The minimum atomic E-state index is -0.588. The minimum absolute atomic E-state index is 0.0211. The Morgan fingerprint density at radius 3 is 2.03 bits per heavy atom. The van der Waals surface area contributed by atoms with Crippen molar-refractivity contribution in [1.29, 1.82) is 0 Å². The average Bonchev–Trinajstić information content (AvgIpc) is 3.28. The van der Waals surface area contributed by atoms with Crippen LogP contribution in [0.2, 0.25) is 0 Å². The summed E-state index contributed by atoms with van der Waals surface area (Å²) in [6, 6.07) is 20.0. The van der Waals surface area contributed by atoms with Gasteiger partial charge in [0.05, 0.1) is 0 Å². The molecule has 1 aliphatic heterocycles. The summed E-state index contributed by atoms with van der Waals surface area (Å²) in [6.45, 7) is 7.74. The van der Waals surface area contributed by atoms with Gasteiger partial charge >= 0.3 is 6.09 Å². The smallest absolute Gasteiger partial charge is 0.411 e. The van der Waals surface area contributed by atoms with Crippen LogP contribution in [0.3, 0.4) is 0 Å². The first-order chi connectivity index (χ1) is 15.1. The van der Waals surface area contributed by atoms with E-state index in [-0.39, 0.29) is 29.5 Å². The van der Waals surface area contributed by atoms with E-state index in [1.165, 1.54) is 11.1 Å². The molecule has 2 aromatic rings. The van der Waals surface area contributed by atoms with Crippen molar-refractivity contribution in [3.05, 3.63) is 71.8 Å². The molecule has 5 heteroatoms. The van der Waals surface area contributed by atoms with Crippen LogP contribution in [0.4, 0.5) is 4.79 Å². The summed E-state index contributed by atoms with van der Waals surface area (Å²) in [4.78, 5) is 28.1. The molecule has 1 aliphatic carbocycles. The standard InChI is InChI=1S/C27H34N2O3/c1-26(2,3)32-25(31)29-22(17-27(4)18-23(27)29)24(30)28-21(15-19-11-7-5-8-12-19)16-20-13-9-6-10-14-20/h5-14,21-23H,15-18H2,1-4H3,(H,28,30)/t22-,23+,27-/m0/s1. The number of likely N-dealkylation sites (tertiary alicyclic amines) is 1. The molecule has 1 saturated carbocycles. The molecule has 0 bridgehead atoms. The van der Waals surface area contributed by atoms with Crippen molar-refractivity contribution in [2.24, 2.45) is 5.41 Å². The van der Waals surface area contributed by atoms with Gasteiger partial charge in [-0.15, -0.1) is 0 Å². The third-order valence-electron chi connectivity index (χ3n) is 6.54. The van der Waals surface area contributed by atoms with Gasteiger partial charge in [0.15, 0.2) is 0 Å². The quantitative estimate of drug-likeness (QED) is 0.714. The van der Waals surface area contributed by atoms with Gasteiger partial charge in [0.1, 0.15) is 11.6 Å². The number of hydrogen-bond donors (Lipinski definition) is 1. The fourth-order valence-electron chi connectivity index (χ4n) is 4.85. The zero-order chi connectivity index (χ0) is 22.9. The molecule has 2 aliphatic rings. The molecule has 1 heterocycles. The highest BCUT2D eigenvalue weighted by atomic mass is 16.6. The minimum Gasteiger partial charge on any atom is -0.444 e. The topological polar surface area (TPSA) is 58.6 Å². The second-order valence-electron chi connectivity index (χ2n) is 10.6. The molecule has 0 radical (unpaired) electrons. The number of piperidine rings is 1. The van der Waals surface area contributed by atoms with Gasteiger partial charge in [0, 0.05) is 12.1 Å². The monoisotopic (exact) mass is 434 g/mol. The van der Waals surface area contributed by atoms with Gasteiger partial charge in [-0.05, 0) is 63.0 Å². The van der Waals surface area contributed by atoms with Crippen LogP contribution < -0.4 is 5.32 Å². The fraction of sp³-hybridized carbons (Fsp3) is 0.481. The third-order valence-corrected chi connectivity index (χ3v) is 6.54. The summed E-state index contributed by atoms with van der Waals surface area (Å²) in [5, 5.41) is 3.27. The normalized spacial score (nSPS) is 24.2. The van der Waals surface area contributed by atoms with E-state index >= 15 is 0 Å². The highest BCUT2D eigenvalue weighted by Crippen LogP contribution is 2.59. The molecule has 1 saturated heterocycles. The molecule has 2 aromatic carbocycles. The van der Waals surface area contributed by atoms with Crippen LogP contribution in [-0.2, 0) is 22.4 Å². The molecule has 3 atom stereocenters. The second kappa shape index (κ2) is 8.61. The number of rotatable bonds is 6. The van der Waals surface area contributed by atoms with E-state index in [2.05, 4.69) is 36.5 Å². The van der Waals surface area contributed by atoms with E-state index < -0.39 is 11.6 Å². The predicted octanol–water partition coefficient (Wildman–Crippen LogP) is 4.74. The van der Waals surface area contributed by atoms with E-state index in [1.54, 1.807) is 4.90 Å². The maximum absolute atomic E-state index is 13.5. The number of carbonyl (C=O) groups excluding carboxylic acids is 2. The lowest BCUT2D eigenvalue weighted by molar-refractivity contribution is -0.126. The van der Waals surface area contributed by atoms with E-state index in [0.29, 0.717) is 6.42 Å². The van der Waals surface area contributed by atoms with Crippen molar-refractivity contribution in [3.8, 4) is 0 Å². The second-order valence-corrected chi connectivity index (χ2v) is 10.6. The number of amides is 2. The molecule has 32 heavy (non-hydrogen) atoms. The van der Waals surface area contributed by atoms with Gasteiger partial charge in [-0.25, -0.2) is 4.79 Å². The lowest BCUT2D eigenvalue weighted by Gasteiger charge is -2.31. The SMILES string of the molecule is CC(C)(C)OC(=O)N1[C@H](C(=O)NC(Cc2ccccc2)Cc2ccccc2)C[C@@]2(C)C[C@@H]12. The van der Waals surface area contributed by atoms with Crippen LogP contribution in [0.5, 0.6) is 0 Å². The molecular weight excluding hydrogens is 400 g/mol. The Bertz CT molecular complexity index is 912. The number of benzene rings is 2. The van der Waals surface area contributed by atoms with Gasteiger partial charge in [-0.1, -0.05) is 67.6 Å². The Morgan fingerprint density at radius 2 is 1.53 bits per heavy atom. The van der Waals surface area contributed by atoms with Crippen molar-refractivity contribution in [2.45, 2.75) is 77.1 Å². The molecule has 0 spiro atoms. The average molecular weight is 435 g/mol. The van der Waals surface area contributed by atoms with E-state index in [4.69, 9.17) is 4.74 Å². The van der Waals surface area contributed by atoms with Crippen molar-refractivity contribution in [3.63, 3.8) is 0 Å². The maximum atomic E-state index is 13.5. The molecule has 5 nitrogen and oxygen atoms in total. The van der Waals surface area contributed by atoms with Crippen LogP contribution >= 0.6 is 0 Å². The Balaban J connectivity index is 1.50. The summed E-state index contributed by atoms with van der Waals surface area (Å²) < 4.78 is 5.65. The van der Waals surface area contributed by atoms with E-state index in [9.17, 15) is 9.59 Å². The number of ether oxygens (including phenoxy) is 1. The first-order valence-electron chi connectivity index (χ1n) is 11.5. The fourth-order valence-corrected chi connectivity index (χ4v) is 4.85. The number of hydrogen-bond acceptors (Lipinski definition) is 3. The lowest BCUT2D eigenvalue weighted by atomic mass is 9.97. The Morgan fingerprint density at radius 1 is 1.00 bits per heavy atom. The lowest BCUT2D eigenvalue weighted by Crippen LogP contribution is -2.52. The highest BCUT2D eigenvalue weighted by molar-refractivity contribution is 5.87. The molecule has 4 rings (SSSR count). The summed E-state index contributed by atoms with van der Waals surface area (Å²) >= 11 is 0. The number of carbonyl (C=O) groups is 2. The molecule has 2 amide bonds. The summed E-state index contributed by atoms with van der Waals surface area (Å²) in [6.07, 6.45) is 2.72. The summed E-state index contributed by atoms with van der Waals surface area (Å²) in [5.74, 6) is -0.0823. The summed E-state index contributed by atoms with van der Waals surface area (Å²) in [7, 11) is 0. The Labute approximate surface area is 191 Å². The van der Waals surface area contributed by atoms with Crippen molar-refractivity contribution in [1.82, 2.24) is 10.2 Å². The van der Waals surface area contributed by atoms with E-state index in [1.807, 2.05) is 57.2 Å². The van der Waals surface area contributed by atoms with Crippen LogP contribution in [0, 0.1) is 5.41 Å². The van der Waals surface area contributed by atoms with Crippen LogP contribution in [0.1, 0.15) is 51.7 Å². The van der Waals surface area contributed by atoms with E-state index in [0.717, 1.165) is 19.3 Å². The molecular formula is C27H34N2O3. The van der Waals surface area contributed by atoms with Crippen molar-refractivity contribution < 1.29 is 14.3 Å². The van der Waals surface area contributed by atoms with Gasteiger partial charge in [0.2, 0.25) is 5.91 Å². The largest absolute Gasteiger partial charge is 0.444 e. The first-order valence-corrected chi connectivity index (χ1v) is 11.5. The number of nitrogens with zero attached hydrogens (tertiary/aromatic N) is 1. The summed E-state index contributed by atoms with van der Waals surface area (Å²) in [5.41, 5.74) is 1.79. The number of nitrogens with one attached hydrogen (secondary N) is 1. The third kappa shape index (κ3) is 5.14. The predicted molar refractivity (Wildman–Crippen MR) is 125 cm³/mol. The maximum Gasteiger partial charge on any atom is 0.411 e. The molecule has 170 valence electrons. The van der Waals surface area contributed by atoms with Gasteiger partial charge in [0.25, 0.3) is 0 Å². The van der Waals surface area contributed by atoms with Gasteiger partial charge < -0.3 is 10.1 Å². The van der Waals surface area contributed by atoms with Crippen molar-refractivity contribution >= 4 is 12.0 Å². The molecule has 0 unspecified atom stereocenters. The number of fused-ring (bicyclic) bond motifs is 1. The Hall–Kier alpha value is -2.82. The molecule has 2 fully saturated rings. The van der Waals surface area contributed by atoms with Crippen molar-refractivity contribution in [2.75, 3.05) is 0 Å². The first kappa shape index (κ1) is 22.4. The van der Waals surface area contributed by atoms with Gasteiger partial charge in [-0.2, -0.15) is 0 Å². The van der Waals surface area contributed by atoms with Gasteiger partial charge in [-0.3, -0.25) is 9.69 Å². The zero-order valence-electron chi connectivity index (χ0n) is 19.5. The molecule has 1 N–H and O–H groups in total. The highest BCUT2D eigenvalue weighted by Gasteiger charge is 2.65. The molecule has 0 aromatic heterocycles. The van der Waals surface area contributed by atoms with Crippen LogP contribution in [0.15, 0.2) is 60.7 Å². The zero-order valence-corrected chi connectivity index (χ0v) is 19.5. The van der Waals surface area contributed by atoms with Crippen LogP contribution in [0.25, 0.3) is 0 Å². The Kier molecular flexibility index (Phi) is 6.02.